The number of ether oxygens (including phenoxy) is 11. The molecule has 38 heteroatoms. The quantitative estimate of drug-likeness (QED) is 0.0351. The van der Waals surface area contributed by atoms with Gasteiger partial charge in [-0.25, -0.2) is 0 Å². The van der Waals surface area contributed by atoms with Crippen molar-refractivity contribution in [1.82, 2.24) is 9.80 Å². The van der Waals surface area contributed by atoms with E-state index in [2.05, 4.69) is 34.4 Å². The van der Waals surface area contributed by atoms with Crippen molar-refractivity contribution in [3.05, 3.63) is 155 Å². The summed E-state index contributed by atoms with van der Waals surface area (Å²) in [5.41, 5.74) is 15.1. The number of phenols is 6. The van der Waals surface area contributed by atoms with Gasteiger partial charge in [-0.2, -0.15) is 0 Å². The first-order valence-corrected chi connectivity index (χ1v) is 43.6. The molecule has 6 aliphatic heterocycles. The van der Waals surface area contributed by atoms with Crippen molar-refractivity contribution in [2.75, 3.05) is 68.7 Å². The molecule has 0 radical (unpaired) electrons. The number of phenolic OH excluding ortho intramolecular Hbond substituents is 6. The molecule has 0 bridgehead atoms. The third kappa shape index (κ3) is 15.9. The highest BCUT2D eigenvalue weighted by Gasteiger charge is 2.58. The smallest absolute Gasteiger partial charge is 0.200 e. The zero-order valence-electron chi connectivity index (χ0n) is 71.4. The molecule has 18 rings (SSSR count). The van der Waals surface area contributed by atoms with E-state index < -0.39 is 255 Å². The summed E-state index contributed by atoms with van der Waals surface area (Å²) in [4.78, 5) is 123. The number of rotatable bonds is 12. The lowest BCUT2D eigenvalue weighted by atomic mass is 9.72. The molecule has 0 saturated carbocycles. The van der Waals surface area contributed by atoms with Crippen LogP contribution in [0, 0.1) is 0 Å². The summed E-state index contributed by atoms with van der Waals surface area (Å²) >= 11 is 2.29. The van der Waals surface area contributed by atoms with Crippen LogP contribution in [0.5, 0.6) is 34.5 Å². The van der Waals surface area contributed by atoms with Gasteiger partial charge in [0.1, 0.15) is 57.4 Å². The molecule has 6 aromatic rings. The Bertz CT molecular complexity index is 5380. The monoisotopic (exact) mass is 1890 g/mol. The molecule has 0 unspecified atom stereocenters. The van der Waals surface area contributed by atoms with Crippen molar-refractivity contribution in [3.63, 3.8) is 0 Å². The molecule has 6 saturated heterocycles. The summed E-state index contributed by atoms with van der Waals surface area (Å²) in [6, 6.07) is 11.8. The van der Waals surface area contributed by atoms with Crippen LogP contribution in [0.25, 0.3) is 0 Å². The Morgan fingerprint density at radius 1 is 0.469 bits per heavy atom. The Morgan fingerprint density at radius 2 is 0.820 bits per heavy atom. The fourth-order valence-electron chi connectivity index (χ4n) is 20.0. The molecule has 6 fully saturated rings. The zero-order chi connectivity index (χ0) is 92.6. The number of nitrogens with two attached hydrogens (primary N) is 4. The van der Waals surface area contributed by atoms with Crippen molar-refractivity contribution < 1.29 is 151 Å². The molecule has 0 amide bonds. The Labute approximate surface area is 746 Å². The minimum absolute atomic E-state index is 0.0102. The number of nitrogens with zero attached hydrogens (tertiary/aromatic N) is 2. The molecule has 686 valence electrons. The number of anilines is 3. The number of alkyl halides is 1. The first kappa shape index (κ1) is 93.2. The van der Waals surface area contributed by atoms with Gasteiger partial charge in [0.25, 0.3) is 0 Å². The van der Waals surface area contributed by atoms with Crippen molar-refractivity contribution in [2.24, 2.45) is 5.73 Å². The van der Waals surface area contributed by atoms with Crippen molar-refractivity contribution >= 4 is 91.7 Å². The number of benzene rings is 6. The molecule has 37 nitrogen and oxygen atoms in total. The van der Waals surface area contributed by atoms with Crippen LogP contribution >= 0.6 is 22.6 Å². The maximum absolute atomic E-state index is 13.7. The minimum Gasteiger partial charge on any atom is -0.507 e. The number of hydrogen-bond donors (Lipinski definition) is 15. The van der Waals surface area contributed by atoms with Crippen LogP contribution in [-0.4, -0.2) is 279 Å². The highest BCUT2D eigenvalue weighted by atomic mass is 127. The predicted octanol–water partition coefficient (Wildman–Crippen LogP) is 4.30. The fraction of sp³-hybridized carbons (Fsp3) is 0.500. The summed E-state index contributed by atoms with van der Waals surface area (Å²) in [6.07, 6.45) is -13.5. The van der Waals surface area contributed by atoms with Crippen LogP contribution in [0.1, 0.15) is 234 Å². The van der Waals surface area contributed by atoms with E-state index in [0.29, 0.717) is 39.3 Å². The summed E-state index contributed by atoms with van der Waals surface area (Å²) in [6.45, 7) is 13.2. The van der Waals surface area contributed by atoms with Crippen molar-refractivity contribution in [1.29, 1.82) is 0 Å². The van der Waals surface area contributed by atoms with Crippen LogP contribution < -0.4 is 22.9 Å². The van der Waals surface area contributed by atoms with Gasteiger partial charge in [-0.15, -0.1) is 0 Å². The van der Waals surface area contributed by atoms with Crippen LogP contribution in [0.2, 0.25) is 0 Å². The van der Waals surface area contributed by atoms with Crippen LogP contribution in [0.4, 0.5) is 17.1 Å². The first-order valence-electron chi connectivity index (χ1n) is 42.1. The molecule has 19 N–H and O–H groups in total. The van der Waals surface area contributed by atoms with Gasteiger partial charge >= 0.3 is 0 Å². The topological polar surface area (TPSA) is 588 Å². The van der Waals surface area contributed by atoms with Gasteiger partial charge in [0.2, 0.25) is 0 Å². The summed E-state index contributed by atoms with van der Waals surface area (Å²) in [7, 11) is 3.08. The number of methoxy groups -OCH3 is 2. The van der Waals surface area contributed by atoms with Gasteiger partial charge in [0.05, 0.1) is 112 Å². The number of aromatic hydroxyl groups is 6. The molecule has 12 aliphatic rings. The number of nitrogen functional groups attached to an aromatic ring is 3. The van der Waals surface area contributed by atoms with Gasteiger partial charge in [-0.3, -0.25) is 53.0 Å². The van der Waals surface area contributed by atoms with E-state index in [1.165, 1.54) is 86.9 Å². The lowest BCUT2D eigenvalue weighted by Gasteiger charge is -2.47. The second-order valence-electron chi connectivity index (χ2n) is 34.4. The normalized spacial score (nSPS) is 32.0. The van der Waals surface area contributed by atoms with Gasteiger partial charge < -0.3 is 131 Å². The SMILES string of the molecule is CC(=O)[C@]1(O)Cc2c(O)c3c(c(O)c2[C@@H](O[C@H]2C[C@H](N)[C@H](O)[C@H](C)O2)C1)C(=O)c1c(N)cccc1C3=O.CCI.CO[C@@H]1CN([C@H]2C[C@H](O[C@H]3C[C@](O)(C(C)=O)Cc4c(O)c5c(c(O)c43)C(=O)c3c(N)cccc3C5=O)O[C@@H](C)[C@H]2O)CCO1.CO[C@H]1OCCN2[C@@H]1O[C@@H]1[C@H](C)O[C@@H](O[C@H]3C[C@](O)(C(C)=O)Cc4c(O)c5c(c(O)c43)C(=O)c3c(N)cccc3C5=O)C[C@@H]12. The molecule has 128 heavy (non-hydrogen) atoms. The number of hydrogen-bond acceptors (Lipinski definition) is 37. The lowest BCUT2D eigenvalue weighted by molar-refractivity contribution is -0.266. The number of halogens is 1. The van der Waals surface area contributed by atoms with Gasteiger partial charge in [0, 0.05) is 177 Å². The molecule has 6 aliphatic carbocycles. The number of Topliss-reactive ketones (excluding diaryl/α,β-unsaturated/α-hetero) is 3. The largest absolute Gasteiger partial charge is 0.507 e. The van der Waals surface area contributed by atoms with E-state index in [4.69, 9.17) is 75.0 Å². The van der Waals surface area contributed by atoms with Crippen LogP contribution in [0.15, 0.2) is 54.6 Å². The maximum atomic E-state index is 13.7. The second-order valence-corrected chi connectivity index (χ2v) is 35.9. The molecule has 6 aromatic carbocycles. The predicted molar refractivity (Wildman–Crippen MR) is 455 cm³/mol. The van der Waals surface area contributed by atoms with E-state index in [1.807, 2.05) is 11.8 Å². The van der Waals surface area contributed by atoms with Crippen LogP contribution in [0.3, 0.4) is 0 Å². The summed E-state index contributed by atoms with van der Waals surface area (Å²) < 4.78 is 66.3. The molecular formula is C90H103IN6O31. The Kier molecular flexibility index (Phi) is 26.0. The molecule has 6 heterocycles. The first-order chi connectivity index (χ1) is 60.6. The third-order valence-corrected chi connectivity index (χ3v) is 26.7. The third-order valence-electron chi connectivity index (χ3n) is 26.7. The van der Waals surface area contributed by atoms with Crippen molar-refractivity contribution in [2.45, 2.75) is 234 Å². The molecular weight excluding hydrogens is 1790 g/mol. The molecule has 0 spiro atoms. The van der Waals surface area contributed by atoms with Gasteiger partial charge in [-0.05, 0) is 64.2 Å². The average Bonchev–Trinajstić information content (AvgIpc) is 0.873. The number of carbonyl (C=O) groups is 9. The van der Waals surface area contributed by atoms with Gasteiger partial charge in [-0.1, -0.05) is 65.9 Å². The number of aliphatic hydroxyl groups is 5. The highest BCUT2D eigenvalue weighted by Crippen LogP contribution is 2.58. The zero-order valence-corrected chi connectivity index (χ0v) is 73.5. The van der Waals surface area contributed by atoms with Gasteiger partial charge in [0.15, 0.2) is 89.7 Å². The number of carbonyl (C=O) groups excluding carboxylic acids is 9. The Balaban J connectivity index is 0.000000146. The molecule has 0 aromatic heterocycles. The van der Waals surface area contributed by atoms with Crippen molar-refractivity contribution in [3.8, 4) is 34.5 Å². The highest BCUT2D eigenvalue weighted by molar-refractivity contribution is 14.1. The minimum atomic E-state index is -2.02. The number of morpholine rings is 2. The van der Waals surface area contributed by atoms with E-state index in [-0.39, 0.29) is 128 Å². The lowest BCUT2D eigenvalue weighted by Crippen LogP contribution is -2.59. The number of ketones is 9. The Morgan fingerprint density at radius 3 is 1.19 bits per heavy atom. The summed E-state index contributed by atoms with van der Waals surface area (Å²) in [5.74, 6) is -9.86. The fourth-order valence-corrected chi connectivity index (χ4v) is 20.0. The van der Waals surface area contributed by atoms with Crippen LogP contribution in [-0.2, 0) is 85.8 Å². The Hall–Kier alpha value is -9.48. The standard InChI is InChI=1S/C31H34N2O11.C31H36N2O11.C26H28N2O9.C2H5I/c1-12-28-17(33-7-8-41-30(40-3)29(33)44-28)9-19(42-12)43-18-11-31(39,13(2)34)10-15-21(18)27(38)23-22(25(15)36)24(35)14-5-4-6-16(32)20(14)26(23)37;1-13-26(35)18(33-7-8-42-21(12-33)41-3)9-20(43-13)44-19-11-31(40,14(2)34)10-16-23(19)30(39)25-24(28(16)37)27(36)15-5-4-6-17(32)22(15)29(25)38;1-9-21(30)14(28)6-16(36-9)37-15-8-26(35,10(2)29)7-12-18(15)25(34)20-19(23(12)32)22(31)11-4-3-5-13(27)17(11)24(20)33;1-2-3/h4-6,12,17-19,28-30,36,38-39H,7-11,32H2,1-3H3;4-6,13,18-21,26,35,37,39-40H,7-12,32H2,1-3H3;3-5,9,14-16,21,30,32,34-35H,6-8,27-28H2,1-2H3;2H2,1H3/t12-,17-,18-,19-,28+,29+,30-,31-;13-,18-,19-,20-,21-,26+,31-;9-,14-,15-,16-,21+,26-;/m000./s1. The van der Waals surface area contributed by atoms with E-state index in [0.717, 1.165) is 0 Å². The van der Waals surface area contributed by atoms with E-state index >= 15 is 0 Å². The number of fused-ring (bicyclic) bond motifs is 12. The molecule has 21 atom stereocenters. The van der Waals surface area contributed by atoms with E-state index in [1.54, 1.807) is 21.0 Å². The number of aliphatic hydroxyl groups excluding tert-OH is 2. The maximum Gasteiger partial charge on any atom is 0.200 e. The average molecular weight is 1890 g/mol. The van der Waals surface area contributed by atoms with E-state index in [9.17, 15) is 99.3 Å². The summed E-state index contributed by atoms with van der Waals surface area (Å²) in [5, 5.41) is 124. The second kappa shape index (κ2) is 35.7.